The van der Waals surface area contributed by atoms with Gasteiger partial charge in [0, 0.05) is 199 Å². The highest BCUT2D eigenvalue weighted by molar-refractivity contribution is 5.88. The van der Waals surface area contributed by atoms with E-state index in [2.05, 4.69) is 43.4 Å². The summed E-state index contributed by atoms with van der Waals surface area (Å²) in [4.78, 5) is 83.3. The fraction of sp³-hybridized carbons (Fsp3) is 0.438. The Morgan fingerprint density at radius 2 is 0.579 bits per heavy atom. The third-order valence-corrected chi connectivity index (χ3v) is 16.7. The average Bonchev–Trinajstić information content (AvgIpc) is 1.44. The number of ether oxygens (including phenoxy) is 6. The molecule has 12 aromatic rings. The number of carbonyl (C=O) groups excluding carboxylic acids is 6. The fourth-order valence-electron chi connectivity index (χ4n) is 11.1. The lowest BCUT2D eigenvalue weighted by Crippen LogP contribution is -2.28. The SMILES string of the molecule is [2H]c1c(C([2H])([2H])[C@@H]2N([2H])C(=O)OC2([2H])[2H])c([2H])c2c(CCN(C([2H])([2H])[2H])C([2H])([2H])[2H])cn([2H])c2c1[2H].[2H]c1c(C([2H])([2H])[C@@H]2N([2H])C(=O)OC2([2H])[2H])c([2H])c2c(CCN(C)C([2H])([2H])[2H])cn([2H])c2c1[2H].[2H]c1c(C([2H])([2H])[C@@H]2N([2H])C(=O)OC2([2H])[2H])c([2H])c2c(CCN(C)C)cn([2H])c2c1[2H].[2H]c1c(C([2H])([2H])[C@@H]2NC(=O)OC2([2H])[2H])c([2H])c2c(C([2H])([2H])C([2H])([2H])N(C([2H])([2H])[2H])C([2H])([2H])[2H])c[nH]c2c1[2H].[2H]c1c(C([2H])([2H])[C@@H]2NC(=O)OC2([2H])[2H])c([2H])c2c(C([2H])([2H])C([2H])([2H])N(C)C([2H])([2H])[2H])c[nH]c2c1[2H].[2H]c1c(C([2H])([2H])[C@@H]2NC(=O)OC2([2H])[2H])c([2H])c2c(C([2H])([2H])C([2H])([2H])N(C)C)c[nH]c2c1[2H]. The number of H-pyrrole nitrogens is 6. The van der Waals surface area contributed by atoms with Gasteiger partial charge in [0.05, 0.1) is 77.4 Å². The molecule has 6 aliphatic rings. The first kappa shape index (κ1) is 34.9. The zero-order chi connectivity index (χ0) is 157. The van der Waals surface area contributed by atoms with E-state index in [1.807, 2.05) is 34.9 Å². The number of nitrogens with one attached hydrogen (secondary N) is 12. The summed E-state index contributed by atoms with van der Waals surface area (Å²) in [6, 6.07) is -25.9. The predicted octanol–water partition coefficient (Wildman–Crippen LogP) is 11.5. The molecule has 18 rings (SSSR count). The second-order valence-electron chi connectivity index (χ2n) is 26.7. The minimum absolute atomic E-state index is 0.0125. The van der Waals surface area contributed by atoms with E-state index in [0.29, 0.717) is 23.5 Å². The van der Waals surface area contributed by atoms with Gasteiger partial charge in [-0.1, -0.05) is 36.3 Å². The molecule has 0 bridgehead atoms. The zero-order valence-electron chi connectivity index (χ0n) is 144. The van der Waals surface area contributed by atoms with Crippen LogP contribution in [0.25, 0.3) is 65.4 Å². The summed E-state index contributed by atoms with van der Waals surface area (Å²) in [5, 5.41) is 4.07. The van der Waals surface area contributed by atoms with E-state index in [1.54, 1.807) is 0 Å². The normalized spacial score (nSPS) is 31.9. The lowest BCUT2D eigenvalue weighted by Gasteiger charge is -2.09. The first-order valence-corrected chi connectivity index (χ1v) is 36.7. The number of hydrogen-bond acceptors (Lipinski definition) is 18. The van der Waals surface area contributed by atoms with Gasteiger partial charge in [-0.05, 0) is 300 Å². The first-order valence-electron chi connectivity index (χ1n) is 75.4. The molecule has 6 atom stereocenters. The van der Waals surface area contributed by atoms with E-state index < -0.39 is 412 Å². The van der Waals surface area contributed by atoms with Crippen LogP contribution < -0.4 is 31.9 Å². The van der Waals surface area contributed by atoms with Crippen molar-refractivity contribution in [2.75, 3.05) is 163 Å². The summed E-state index contributed by atoms with van der Waals surface area (Å²) in [5.41, 5.74) is -7.27. The molecule has 6 fully saturated rings. The molecule has 30 nitrogen and oxygen atoms in total. The highest BCUT2D eigenvalue weighted by atomic mass is 16.6. The van der Waals surface area contributed by atoms with Gasteiger partial charge in [0.25, 0.3) is 0 Å². The Morgan fingerprint density at radius 1 is 0.317 bits per heavy atom. The van der Waals surface area contributed by atoms with Gasteiger partial charge >= 0.3 is 36.6 Å². The van der Waals surface area contributed by atoms with Crippen LogP contribution in [0.5, 0.6) is 0 Å². The number of hydrogen-bond donors (Lipinski definition) is 12. The van der Waals surface area contributed by atoms with Crippen molar-refractivity contribution >= 4 is 102 Å². The van der Waals surface area contributed by atoms with E-state index in [9.17, 15) is 28.8 Å². The minimum Gasteiger partial charge on any atom is -0.447 e. The van der Waals surface area contributed by atoms with Gasteiger partial charge in [-0.2, -0.15) is 0 Å². The number of aryl methyl sites for hydroxylation is 3. The molecule has 30 heteroatoms. The topological polar surface area (TPSA) is 344 Å². The van der Waals surface area contributed by atoms with Crippen LogP contribution in [0.3, 0.4) is 0 Å². The molecular weight excluding hydrogens is 1600 g/mol. The van der Waals surface area contributed by atoms with Crippen molar-refractivity contribution in [2.24, 2.45) is 0 Å². The fourth-order valence-corrected chi connectivity index (χ4v) is 11.1. The lowest BCUT2D eigenvalue weighted by atomic mass is 10.0. The Bertz CT molecular complexity index is 9650. The van der Waals surface area contributed by atoms with E-state index in [4.69, 9.17) is 107 Å². The molecule has 126 heavy (non-hydrogen) atoms. The molecule has 12 N–H and O–H groups in total. The Kier molecular flexibility index (Phi) is 12.1. The number of carbonyl (C=O) groups is 6. The predicted molar refractivity (Wildman–Crippen MR) is 495 cm³/mol. The maximum Gasteiger partial charge on any atom is 0.407 e. The van der Waals surface area contributed by atoms with Crippen LogP contribution in [-0.4, -0.2) is 295 Å². The van der Waals surface area contributed by atoms with Crippen LogP contribution in [0.15, 0.2) is 146 Å². The number of likely N-dealkylation sites (N-methyl/N-ethyl adjacent to an activating group) is 6. The van der Waals surface area contributed by atoms with Crippen LogP contribution in [0.1, 0.15) is 165 Å². The van der Waals surface area contributed by atoms with Gasteiger partial charge in [0.15, 0.2) is 8.47 Å². The molecule has 0 aliphatic carbocycles. The molecule has 6 aromatic carbocycles. The molecule has 6 aliphatic heterocycles. The quantitative estimate of drug-likeness (QED) is 0.0186. The van der Waals surface area contributed by atoms with Gasteiger partial charge in [0.1, 0.15) is 39.4 Å². The highest BCUT2D eigenvalue weighted by Crippen LogP contribution is 2.29. The van der Waals surface area contributed by atoms with Crippen molar-refractivity contribution in [3.8, 4) is 0 Å². The number of rotatable bonds is 30. The van der Waals surface area contributed by atoms with Crippen LogP contribution >= 0.6 is 0 Å². The molecule has 0 saturated carbocycles. The number of cyclic esters (lactones) is 6. The lowest BCUT2D eigenvalue weighted by molar-refractivity contribution is 0.176. The number of amides is 6. The number of aromatic amines is 6. The third kappa shape index (κ3) is 26.5. The summed E-state index contributed by atoms with van der Waals surface area (Å²) in [7, 11) is 8.52. The molecule has 0 spiro atoms. The maximum absolute atomic E-state index is 11.7. The Hall–Kier alpha value is -12.1. The zero-order valence-corrected chi connectivity index (χ0v) is 66.4. The van der Waals surface area contributed by atoms with Crippen LogP contribution in [0.2, 0.25) is 8.47 Å². The maximum atomic E-state index is 11.7. The average molecular weight is 1800 g/mol. The highest BCUT2D eigenvalue weighted by Gasteiger charge is 2.29. The minimum atomic E-state index is -3.81. The summed E-state index contributed by atoms with van der Waals surface area (Å²) in [6.45, 7) is -45.9. The van der Waals surface area contributed by atoms with Gasteiger partial charge in [0.2, 0.25) is 0 Å². The van der Waals surface area contributed by atoms with Gasteiger partial charge in [-0.15, -0.1) is 0 Å². The van der Waals surface area contributed by atoms with E-state index in [-0.39, 0.29) is 111 Å². The summed E-state index contributed by atoms with van der Waals surface area (Å²) in [6.07, 6.45) is -29.1. The molecule has 6 saturated heterocycles. The summed E-state index contributed by atoms with van der Waals surface area (Å²) < 4.78 is 655. The number of benzene rings is 6. The second-order valence-corrected chi connectivity index (χ2v) is 26.7. The van der Waals surface area contributed by atoms with Crippen molar-refractivity contribution in [3.05, 3.63) is 213 Å². The molecule has 6 aromatic heterocycles. The molecule has 0 radical (unpaired) electrons. The van der Waals surface area contributed by atoms with E-state index in [0.717, 1.165) is 51.6 Å². The second kappa shape index (κ2) is 43.7. The molecular formula is C96H126N18O12. The smallest absolute Gasteiger partial charge is 0.407 e. The summed E-state index contributed by atoms with van der Waals surface area (Å²) >= 11 is 0. The molecule has 6 amide bonds. The van der Waals surface area contributed by atoms with Crippen molar-refractivity contribution < 1.29 is 164 Å². The van der Waals surface area contributed by atoms with Crippen molar-refractivity contribution in [1.29, 1.82) is 0 Å². The first-order chi connectivity index (χ1) is 91.6. The van der Waals surface area contributed by atoms with E-state index >= 15 is 0 Å². The number of alkyl carbamates (subject to hydrolysis) is 6. The Balaban J connectivity index is 0.000000196. The number of fused-ring (bicyclic) bond motifs is 6. The standard InChI is InChI=1S/6C16H21N3O2/c6*1-19(2)6-5-12-9-17-15-4-3-11(8-14(12)15)7-13-10-21-16(20)18-13/h6*3-4,8-9,13,17H,5-7,10H2,1-2H3,(H,18,20)/t6*13-/m000000/s1/i1D3,2D3,3D,4D,5D2,6D2,7D2,8D,10D2;1D3,3D,4D,5D2,6D2,7D2,8D,10D2;3D,4D,5D2,6D2,7D2,8D,10D2;1D3,2D3,3D,4D,7D2,8D,10D2;1D3,3D,4D,7D2,8D,10D2;3D,4D,7D2,8D,10D2/hD6. The molecule has 0 unspecified atom stereocenters. The van der Waals surface area contributed by atoms with Crippen LogP contribution in [-0.2, 0) is 105 Å². The Labute approximate surface area is 846 Å². The van der Waals surface area contributed by atoms with Crippen LogP contribution in [0.4, 0.5) is 28.8 Å². The van der Waals surface area contributed by atoms with Crippen molar-refractivity contribution in [1.82, 2.24) is 91.2 Å². The van der Waals surface area contributed by atoms with Gasteiger partial charge in [-0.25, -0.2) is 28.8 Å². The summed E-state index contributed by atoms with van der Waals surface area (Å²) in [5.74, 6) is 0. The number of aromatic nitrogens is 6. The molecule has 12 heterocycles. The largest absolute Gasteiger partial charge is 0.447 e. The van der Waals surface area contributed by atoms with Crippen molar-refractivity contribution in [2.45, 2.75) is 113 Å². The van der Waals surface area contributed by atoms with Crippen LogP contribution in [0, 0.1) is 0 Å². The third-order valence-electron chi connectivity index (χ3n) is 16.7. The number of nitrogens with zero attached hydrogens (tertiary/aromatic N) is 6. The van der Waals surface area contributed by atoms with Crippen molar-refractivity contribution in [3.63, 3.8) is 0 Å². The van der Waals surface area contributed by atoms with Gasteiger partial charge in [-0.3, -0.25) is 0 Å². The van der Waals surface area contributed by atoms with Gasteiger partial charge < -0.3 is 120 Å². The Morgan fingerprint density at radius 3 is 0.857 bits per heavy atom. The van der Waals surface area contributed by atoms with E-state index in [1.165, 1.54) is 33.5 Å². The molecule has 672 valence electrons. The monoisotopic (exact) mass is 1800 g/mol.